The minimum atomic E-state index is -4.77. The zero-order chi connectivity index (χ0) is 18.7. The molecular weight excluding hydrogens is 331 g/mol. The first-order valence-corrected chi connectivity index (χ1v) is 8.12. The summed E-state index contributed by atoms with van der Waals surface area (Å²) in [5.74, 6) is -0.833. The predicted octanol–water partition coefficient (Wildman–Crippen LogP) is 4.97. The van der Waals surface area contributed by atoms with Crippen LogP contribution in [0, 0.1) is 0 Å². The monoisotopic (exact) mass is 353 g/mol. The number of rotatable bonds is 6. The van der Waals surface area contributed by atoms with Crippen LogP contribution in [0.5, 0.6) is 5.75 Å². The highest BCUT2D eigenvalue weighted by molar-refractivity contribution is 5.94. The van der Waals surface area contributed by atoms with Crippen LogP contribution in [0.2, 0.25) is 0 Å². The Bertz CT molecular complexity index is 643. The third-order valence-corrected chi connectivity index (χ3v) is 3.10. The van der Waals surface area contributed by atoms with Gasteiger partial charge in [0.1, 0.15) is 5.75 Å². The molecule has 0 aliphatic heterocycles. The molecule has 2 aromatic rings. The number of carbonyl (C=O) groups is 1. The number of benzene rings is 2. The van der Waals surface area contributed by atoms with Crippen LogP contribution < -0.4 is 10.1 Å². The molecule has 0 heterocycles. The molecule has 2 rings (SSSR count). The smallest absolute Gasteiger partial charge is 0.406 e. The summed E-state index contributed by atoms with van der Waals surface area (Å²) in [4.78, 5) is 11.9. The predicted molar refractivity (Wildman–Crippen MR) is 91.6 cm³/mol. The molecule has 0 saturated carbocycles. The van der Waals surface area contributed by atoms with Crippen molar-refractivity contribution in [2.24, 2.45) is 0 Å². The van der Waals surface area contributed by atoms with E-state index in [0.29, 0.717) is 6.54 Å². The van der Waals surface area contributed by atoms with E-state index in [2.05, 4.69) is 10.1 Å². The normalized spacial score (nSPS) is 10.4. The SMILES string of the molecule is CC.O=C(NCCCc1ccccc1)c1cccc(OC(F)(F)F)c1. The lowest BCUT2D eigenvalue weighted by Crippen LogP contribution is -2.25. The van der Waals surface area contributed by atoms with Gasteiger partial charge in [-0.1, -0.05) is 50.2 Å². The van der Waals surface area contributed by atoms with Crippen molar-refractivity contribution >= 4 is 5.91 Å². The van der Waals surface area contributed by atoms with E-state index < -0.39 is 18.0 Å². The van der Waals surface area contributed by atoms with E-state index in [0.717, 1.165) is 25.0 Å². The van der Waals surface area contributed by atoms with Crippen LogP contribution >= 0.6 is 0 Å². The summed E-state index contributed by atoms with van der Waals surface area (Å²) in [5.41, 5.74) is 1.30. The average molecular weight is 353 g/mol. The lowest BCUT2D eigenvalue weighted by molar-refractivity contribution is -0.274. The molecule has 2 aromatic carbocycles. The Hall–Kier alpha value is -2.50. The minimum Gasteiger partial charge on any atom is -0.406 e. The fourth-order valence-electron chi connectivity index (χ4n) is 2.08. The number of ether oxygens (including phenoxy) is 1. The molecule has 0 atom stereocenters. The number of halogens is 3. The average Bonchev–Trinajstić information content (AvgIpc) is 2.60. The van der Waals surface area contributed by atoms with Gasteiger partial charge < -0.3 is 10.1 Å². The van der Waals surface area contributed by atoms with Crippen molar-refractivity contribution < 1.29 is 22.7 Å². The Morgan fingerprint density at radius 2 is 1.72 bits per heavy atom. The van der Waals surface area contributed by atoms with Crippen LogP contribution in [-0.4, -0.2) is 18.8 Å². The second-order valence-electron chi connectivity index (χ2n) is 4.92. The molecule has 0 aliphatic rings. The maximum absolute atomic E-state index is 12.2. The van der Waals surface area contributed by atoms with Crippen LogP contribution in [0.3, 0.4) is 0 Å². The molecule has 136 valence electrons. The molecule has 0 aromatic heterocycles. The zero-order valence-electron chi connectivity index (χ0n) is 14.3. The van der Waals surface area contributed by atoms with Crippen molar-refractivity contribution in [3.8, 4) is 5.75 Å². The molecule has 1 amide bonds. The van der Waals surface area contributed by atoms with Gasteiger partial charge in [0, 0.05) is 12.1 Å². The van der Waals surface area contributed by atoms with E-state index in [1.54, 1.807) is 0 Å². The second kappa shape index (κ2) is 10.4. The molecule has 3 nitrogen and oxygen atoms in total. The molecule has 0 spiro atoms. The number of hydrogen-bond donors (Lipinski definition) is 1. The van der Waals surface area contributed by atoms with Gasteiger partial charge in [0.2, 0.25) is 0 Å². The largest absolute Gasteiger partial charge is 0.573 e. The van der Waals surface area contributed by atoms with E-state index in [1.165, 1.54) is 17.7 Å². The third-order valence-electron chi connectivity index (χ3n) is 3.10. The topological polar surface area (TPSA) is 38.3 Å². The van der Waals surface area contributed by atoms with Gasteiger partial charge in [-0.25, -0.2) is 0 Å². The summed E-state index contributed by atoms with van der Waals surface area (Å²) < 4.78 is 40.3. The van der Waals surface area contributed by atoms with E-state index in [-0.39, 0.29) is 5.56 Å². The Morgan fingerprint density at radius 1 is 1.04 bits per heavy atom. The molecule has 0 bridgehead atoms. The summed E-state index contributed by atoms with van der Waals surface area (Å²) in [6.07, 6.45) is -3.21. The van der Waals surface area contributed by atoms with Crippen molar-refractivity contribution in [3.05, 3.63) is 65.7 Å². The summed E-state index contributed by atoms with van der Waals surface area (Å²) in [7, 11) is 0. The second-order valence-corrected chi connectivity index (χ2v) is 4.92. The van der Waals surface area contributed by atoms with Crippen molar-refractivity contribution in [2.75, 3.05) is 6.54 Å². The Balaban J connectivity index is 0.00000151. The number of aryl methyl sites for hydroxylation is 1. The molecule has 0 aliphatic carbocycles. The van der Waals surface area contributed by atoms with Crippen LogP contribution in [0.4, 0.5) is 13.2 Å². The van der Waals surface area contributed by atoms with Gasteiger partial charge in [-0.15, -0.1) is 13.2 Å². The summed E-state index contributed by atoms with van der Waals surface area (Å²) in [6.45, 7) is 4.44. The lowest BCUT2D eigenvalue weighted by atomic mass is 10.1. The fourth-order valence-corrected chi connectivity index (χ4v) is 2.08. The molecular formula is C19H22F3NO2. The van der Waals surface area contributed by atoms with Gasteiger partial charge >= 0.3 is 6.36 Å². The number of carbonyl (C=O) groups excluding carboxylic acids is 1. The van der Waals surface area contributed by atoms with Crippen LogP contribution in [-0.2, 0) is 6.42 Å². The number of alkyl halides is 3. The number of hydrogen-bond acceptors (Lipinski definition) is 2. The first-order chi connectivity index (χ1) is 11.9. The van der Waals surface area contributed by atoms with Gasteiger partial charge in [-0.2, -0.15) is 0 Å². The maximum atomic E-state index is 12.2. The van der Waals surface area contributed by atoms with Gasteiger partial charge in [0.15, 0.2) is 0 Å². The lowest BCUT2D eigenvalue weighted by Gasteiger charge is -2.10. The van der Waals surface area contributed by atoms with Crippen molar-refractivity contribution in [3.63, 3.8) is 0 Å². The van der Waals surface area contributed by atoms with E-state index in [1.807, 2.05) is 44.2 Å². The van der Waals surface area contributed by atoms with Gasteiger partial charge in [-0.05, 0) is 36.6 Å². The minimum absolute atomic E-state index is 0.131. The van der Waals surface area contributed by atoms with E-state index >= 15 is 0 Å². The van der Waals surface area contributed by atoms with E-state index in [9.17, 15) is 18.0 Å². The number of nitrogens with one attached hydrogen (secondary N) is 1. The van der Waals surface area contributed by atoms with Crippen LogP contribution in [0.1, 0.15) is 36.2 Å². The molecule has 25 heavy (non-hydrogen) atoms. The van der Waals surface area contributed by atoms with Gasteiger partial charge in [0.25, 0.3) is 5.91 Å². The Morgan fingerprint density at radius 3 is 2.36 bits per heavy atom. The van der Waals surface area contributed by atoms with Gasteiger partial charge in [0.05, 0.1) is 0 Å². The first-order valence-electron chi connectivity index (χ1n) is 8.12. The third kappa shape index (κ3) is 8.24. The van der Waals surface area contributed by atoms with Crippen LogP contribution in [0.25, 0.3) is 0 Å². The van der Waals surface area contributed by atoms with Crippen molar-refractivity contribution in [2.45, 2.75) is 33.1 Å². The fraction of sp³-hybridized carbons (Fsp3) is 0.316. The van der Waals surface area contributed by atoms with E-state index in [4.69, 9.17) is 0 Å². The number of amides is 1. The molecule has 0 saturated heterocycles. The summed E-state index contributed by atoms with van der Waals surface area (Å²) >= 11 is 0. The highest BCUT2D eigenvalue weighted by atomic mass is 19.4. The molecule has 0 unspecified atom stereocenters. The highest BCUT2D eigenvalue weighted by Crippen LogP contribution is 2.23. The standard InChI is InChI=1S/C17H16F3NO2.C2H6/c18-17(19,20)23-15-10-4-9-14(12-15)16(22)21-11-5-8-13-6-2-1-3-7-13;1-2/h1-4,6-7,9-10,12H,5,8,11H2,(H,21,22);1-2H3. The molecule has 0 radical (unpaired) electrons. The van der Waals surface area contributed by atoms with Crippen molar-refractivity contribution in [1.82, 2.24) is 5.32 Å². The highest BCUT2D eigenvalue weighted by Gasteiger charge is 2.31. The zero-order valence-corrected chi connectivity index (χ0v) is 14.3. The first kappa shape index (κ1) is 20.5. The summed E-state index contributed by atoms with van der Waals surface area (Å²) in [6, 6.07) is 14.8. The molecule has 1 N–H and O–H groups in total. The summed E-state index contributed by atoms with van der Waals surface area (Å²) in [5, 5.41) is 2.68. The van der Waals surface area contributed by atoms with Crippen LogP contribution in [0.15, 0.2) is 54.6 Å². The Labute approximate surface area is 145 Å². The maximum Gasteiger partial charge on any atom is 0.573 e. The quantitative estimate of drug-likeness (QED) is 0.744. The van der Waals surface area contributed by atoms with Crippen molar-refractivity contribution in [1.29, 1.82) is 0 Å². The Kier molecular flexibility index (Phi) is 8.53. The van der Waals surface area contributed by atoms with Gasteiger partial charge in [-0.3, -0.25) is 4.79 Å². The molecule has 0 fully saturated rings. The molecule has 6 heteroatoms.